The van der Waals surface area contributed by atoms with E-state index in [-0.39, 0.29) is 11.4 Å². The van der Waals surface area contributed by atoms with Gasteiger partial charge in [-0.25, -0.2) is 8.42 Å². The number of thioether (sulfide) groups is 1. The number of hydrogen-bond acceptors (Lipinski definition) is 5. The summed E-state index contributed by atoms with van der Waals surface area (Å²) in [5, 5.41) is 3.52. The van der Waals surface area contributed by atoms with Crippen LogP contribution in [0.15, 0.2) is 64.5 Å². The van der Waals surface area contributed by atoms with E-state index in [0.717, 1.165) is 20.2 Å². The third-order valence-electron chi connectivity index (χ3n) is 4.25. The summed E-state index contributed by atoms with van der Waals surface area (Å²) in [6, 6.07) is 14.3. The van der Waals surface area contributed by atoms with Crippen LogP contribution in [-0.4, -0.2) is 43.5 Å². The monoisotopic (exact) mass is 415 g/mol. The van der Waals surface area contributed by atoms with Crippen molar-refractivity contribution >= 4 is 44.3 Å². The van der Waals surface area contributed by atoms with Gasteiger partial charge in [-0.3, -0.25) is 9.78 Å². The number of anilines is 1. The number of aryl methyl sites for hydroxylation is 1. The van der Waals surface area contributed by atoms with Crippen molar-refractivity contribution in [2.24, 2.45) is 0 Å². The van der Waals surface area contributed by atoms with Gasteiger partial charge < -0.3 is 5.32 Å². The zero-order chi connectivity index (χ0) is 20.3. The van der Waals surface area contributed by atoms with E-state index < -0.39 is 15.9 Å². The van der Waals surface area contributed by atoms with E-state index in [1.165, 1.54) is 24.9 Å². The van der Waals surface area contributed by atoms with Gasteiger partial charge in [0.25, 0.3) is 0 Å². The molecule has 8 heteroatoms. The molecule has 1 N–H and O–H groups in total. The van der Waals surface area contributed by atoms with Crippen molar-refractivity contribution in [3.63, 3.8) is 0 Å². The number of fused-ring (bicyclic) bond motifs is 1. The molecular weight excluding hydrogens is 394 g/mol. The molecule has 0 aliphatic heterocycles. The zero-order valence-corrected chi connectivity index (χ0v) is 17.5. The van der Waals surface area contributed by atoms with Crippen molar-refractivity contribution in [3.8, 4) is 0 Å². The molecule has 1 aromatic heterocycles. The number of aromatic nitrogens is 1. The summed E-state index contributed by atoms with van der Waals surface area (Å²) in [7, 11) is -2.49. The van der Waals surface area contributed by atoms with Gasteiger partial charge in [0.2, 0.25) is 15.9 Å². The number of pyridine rings is 1. The van der Waals surface area contributed by atoms with Gasteiger partial charge >= 0.3 is 0 Å². The summed E-state index contributed by atoms with van der Waals surface area (Å²) in [6.45, 7) is 1.60. The van der Waals surface area contributed by atoms with Crippen LogP contribution in [0.25, 0.3) is 10.9 Å². The molecule has 0 aliphatic rings. The Morgan fingerprint density at radius 1 is 1.18 bits per heavy atom. The van der Waals surface area contributed by atoms with Crippen LogP contribution >= 0.6 is 11.8 Å². The van der Waals surface area contributed by atoms with Crippen LogP contribution in [-0.2, 0) is 14.8 Å². The highest BCUT2D eigenvalue weighted by molar-refractivity contribution is 7.98. The Balaban J connectivity index is 1.84. The van der Waals surface area contributed by atoms with Crippen molar-refractivity contribution in [1.82, 2.24) is 9.29 Å². The fraction of sp³-hybridized carbons (Fsp3) is 0.200. The molecule has 6 nitrogen and oxygen atoms in total. The molecule has 0 fully saturated rings. The van der Waals surface area contributed by atoms with Crippen molar-refractivity contribution < 1.29 is 13.2 Å². The minimum atomic E-state index is -3.88. The molecule has 28 heavy (non-hydrogen) atoms. The van der Waals surface area contributed by atoms with E-state index in [1.54, 1.807) is 18.3 Å². The van der Waals surface area contributed by atoms with Gasteiger partial charge in [-0.2, -0.15) is 4.31 Å². The van der Waals surface area contributed by atoms with Gasteiger partial charge in [-0.15, -0.1) is 11.8 Å². The Morgan fingerprint density at radius 2 is 1.93 bits per heavy atom. The van der Waals surface area contributed by atoms with Crippen LogP contribution in [0.5, 0.6) is 0 Å². The van der Waals surface area contributed by atoms with Crippen LogP contribution in [0, 0.1) is 6.92 Å². The highest BCUT2D eigenvalue weighted by atomic mass is 32.2. The summed E-state index contributed by atoms with van der Waals surface area (Å²) in [5.41, 5.74) is 2.00. The maximum absolute atomic E-state index is 13.0. The number of sulfonamides is 1. The maximum atomic E-state index is 13.0. The fourth-order valence-electron chi connectivity index (χ4n) is 2.84. The average molecular weight is 416 g/mol. The number of likely N-dealkylation sites (N-methyl/N-ethyl adjacent to an activating group) is 1. The average Bonchev–Trinajstić information content (AvgIpc) is 2.67. The molecule has 3 rings (SSSR count). The first-order chi connectivity index (χ1) is 13.3. The number of rotatable bonds is 6. The zero-order valence-electron chi connectivity index (χ0n) is 15.8. The predicted octanol–water partition coefficient (Wildman–Crippen LogP) is 3.52. The number of benzene rings is 2. The Labute approximate surface area is 169 Å². The van der Waals surface area contributed by atoms with E-state index in [9.17, 15) is 13.2 Å². The van der Waals surface area contributed by atoms with Crippen molar-refractivity contribution in [3.05, 3.63) is 60.3 Å². The molecule has 0 atom stereocenters. The molecule has 0 saturated heterocycles. The van der Waals surface area contributed by atoms with Crippen molar-refractivity contribution in [2.75, 3.05) is 25.2 Å². The Kier molecular flexibility index (Phi) is 6.02. The largest absolute Gasteiger partial charge is 0.324 e. The summed E-state index contributed by atoms with van der Waals surface area (Å²) < 4.78 is 27.1. The van der Waals surface area contributed by atoms with Gasteiger partial charge in [0.15, 0.2) is 0 Å². The van der Waals surface area contributed by atoms with Crippen LogP contribution in [0.1, 0.15) is 5.56 Å². The number of carbonyl (C=O) groups is 1. The molecule has 1 amide bonds. The molecule has 0 saturated carbocycles. The molecule has 146 valence electrons. The lowest BCUT2D eigenvalue weighted by Gasteiger charge is -2.18. The van der Waals surface area contributed by atoms with Crippen LogP contribution in [0.3, 0.4) is 0 Å². The molecule has 0 unspecified atom stereocenters. The van der Waals surface area contributed by atoms with Crippen LogP contribution in [0.2, 0.25) is 0 Å². The van der Waals surface area contributed by atoms with E-state index in [4.69, 9.17) is 0 Å². The third kappa shape index (κ3) is 4.19. The van der Waals surface area contributed by atoms with E-state index in [2.05, 4.69) is 10.3 Å². The summed E-state index contributed by atoms with van der Waals surface area (Å²) in [4.78, 5) is 17.7. The molecule has 0 aliphatic carbocycles. The number of para-hydroxylation sites is 2. The highest BCUT2D eigenvalue weighted by Crippen LogP contribution is 2.26. The minimum absolute atomic E-state index is 0.0878. The SMILES string of the molecule is CSc1ccccc1NC(=O)CN(C)S(=O)(=O)c1cccc2cc(C)cnc12. The second-order valence-corrected chi connectivity index (χ2v) is 9.21. The van der Waals surface area contributed by atoms with Crippen LogP contribution in [0.4, 0.5) is 5.69 Å². The summed E-state index contributed by atoms with van der Waals surface area (Å²) in [6.07, 6.45) is 3.55. The van der Waals surface area contributed by atoms with Crippen LogP contribution < -0.4 is 5.32 Å². The first-order valence-corrected chi connectivity index (χ1v) is 11.2. The Hall–Kier alpha value is -2.42. The number of hydrogen-bond donors (Lipinski definition) is 1. The second kappa shape index (κ2) is 8.30. The number of nitrogens with zero attached hydrogens (tertiary/aromatic N) is 2. The standard InChI is InChI=1S/C20H21N3O3S2/c1-14-11-15-7-6-10-18(20(15)21-12-14)28(25,26)23(2)13-19(24)22-16-8-4-5-9-17(16)27-3/h4-12H,13H2,1-3H3,(H,22,24). The molecule has 3 aromatic rings. The predicted molar refractivity (Wildman–Crippen MR) is 113 cm³/mol. The lowest BCUT2D eigenvalue weighted by molar-refractivity contribution is -0.116. The quantitative estimate of drug-likeness (QED) is 0.623. The van der Waals surface area contributed by atoms with Crippen molar-refractivity contribution in [2.45, 2.75) is 16.7 Å². The minimum Gasteiger partial charge on any atom is -0.324 e. The smallest absolute Gasteiger partial charge is 0.245 e. The van der Waals surface area contributed by atoms with Crippen molar-refractivity contribution in [1.29, 1.82) is 0 Å². The van der Waals surface area contributed by atoms with E-state index in [1.807, 2.05) is 43.5 Å². The lowest BCUT2D eigenvalue weighted by atomic mass is 10.2. The Bertz CT molecular complexity index is 1130. The molecule has 0 radical (unpaired) electrons. The first kappa shape index (κ1) is 20.3. The number of amides is 1. The van der Waals surface area contributed by atoms with Gasteiger partial charge in [-0.1, -0.05) is 24.3 Å². The molecule has 0 spiro atoms. The third-order valence-corrected chi connectivity index (χ3v) is 6.88. The topological polar surface area (TPSA) is 79.4 Å². The van der Waals surface area contributed by atoms with E-state index in [0.29, 0.717) is 11.2 Å². The first-order valence-electron chi connectivity index (χ1n) is 8.57. The molecule has 1 heterocycles. The number of carbonyl (C=O) groups excluding carboxylic acids is 1. The second-order valence-electron chi connectivity index (χ2n) is 6.35. The van der Waals surface area contributed by atoms with E-state index >= 15 is 0 Å². The molecular formula is C20H21N3O3S2. The molecule has 0 bridgehead atoms. The fourth-order valence-corrected chi connectivity index (χ4v) is 4.69. The number of nitrogens with one attached hydrogen (secondary N) is 1. The highest BCUT2D eigenvalue weighted by Gasteiger charge is 2.25. The normalized spacial score (nSPS) is 11.7. The molecule has 2 aromatic carbocycles. The maximum Gasteiger partial charge on any atom is 0.245 e. The van der Waals surface area contributed by atoms with Gasteiger partial charge in [0.1, 0.15) is 4.90 Å². The van der Waals surface area contributed by atoms with Gasteiger partial charge in [0.05, 0.1) is 17.7 Å². The summed E-state index contributed by atoms with van der Waals surface area (Å²) in [5.74, 6) is -0.406. The lowest BCUT2D eigenvalue weighted by Crippen LogP contribution is -2.35. The van der Waals surface area contributed by atoms with Gasteiger partial charge in [0, 0.05) is 23.5 Å². The Morgan fingerprint density at radius 3 is 2.68 bits per heavy atom. The summed E-state index contributed by atoms with van der Waals surface area (Å²) >= 11 is 1.51. The van der Waals surface area contributed by atoms with Gasteiger partial charge in [-0.05, 0) is 43.0 Å².